The first-order valence-corrected chi connectivity index (χ1v) is 5.44. The van der Waals surface area contributed by atoms with Crippen molar-refractivity contribution in [2.75, 3.05) is 5.73 Å². The first-order valence-electron chi connectivity index (χ1n) is 5.44. The summed E-state index contributed by atoms with van der Waals surface area (Å²) in [4.78, 5) is 4.09. The predicted octanol–water partition coefficient (Wildman–Crippen LogP) is 1.98. The van der Waals surface area contributed by atoms with Crippen LogP contribution in [0.3, 0.4) is 0 Å². The number of hydrogen-bond donors (Lipinski definition) is 2. The van der Waals surface area contributed by atoms with Crippen molar-refractivity contribution >= 4 is 5.82 Å². The molecule has 15 heavy (non-hydrogen) atoms. The van der Waals surface area contributed by atoms with Gasteiger partial charge in [0.05, 0.1) is 5.60 Å². The van der Waals surface area contributed by atoms with Crippen molar-refractivity contribution in [3.63, 3.8) is 0 Å². The molecule has 82 valence electrons. The van der Waals surface area contributed by atoms with Crippen molar-refractivity contribution < 1.29 is 5.11 Å². The average Bonchev–Trinajstić information content (AvgIpc) is 2.92. The highest BCUT2D eigenvalue weighted by Gasteiger charge is 2.34. The maximum absolute atomic E-state index is 10.4. The second-order valence-electron chi connectivity index (χ2n) is 4.87. The highest BCUT2D eigenvalue weighted by atomic mass is 16.3. The molecule has 0 aliphatic heterocycles. The van der Waals surface area contributed by atoms with Gasteiger partial charge in [-0.2, -0.15) is 0 Å². The largest absolute Gasteiger partial charge is 0.385 e. The Bertz CT molecular complexity index is 370. The van der Waals surface area contributed by atoms with Gasteiger partial charge in [0.15, 0.2) is 0 Å². The van der Waals surface area contributed by atoms with Crippen LogP contribution in [-0.2, 0) is 5.60 Å². The van der Waals surface area contributed by atoms with Gasteiger partial charge in [-0.05, 0) is 37.8 Å². The third-order valence-corrected chi connectivity index (χ3v) is 3.02. The third-order valence-electron chi connectivity index (χ3n) is 3.02. The van der Waals surface area contributed by atoms with E-state index in [9.17, 15) is 5.11 Å². The number of nitrogens with zero attached hydrogens (tertiary/aromatic N) is 1. The Kier molecular flexibility index (Phi) is 2.43. The summed E-state index contributed by atoms with van der Waals surface area (Å²) in [5.41, 5.74) is 6.78. The fourth-order valence-corrected chi connectivity index (χ4v) is 2.01. The maximum Gasteiger partial charge on any atom is 0.129 e. The summed E-state index contributed by atoms with van der Waals surface area (Å²) in [5, 5.41) is 10.4. The molecule has 1 fully saturated rings. The van der Waals surface area contributed by atoms with Gasteiger partial charge in [-0.25, -0.2) is 4.98 Å². The molecule has 3 N–H and O–H groups in total. The van der Waals surface area contributed by atoms with E-state index in [2.05, 4.69) is 4.98 Å². The van der Waals surface area contributed by atoms with E-state index >= 15 is 0 Å². The minimum atomic E-state index is -0.829. The summed E-state index contributed by atoms with van der Waals surface area (Å²) in [6, 6.07) is 1.94. The molecule has 0 amide bonds. The summed E-state index contributed by atoms with van der Waals surface area (Å²) in [5.74, 6) is 1.12. The number of hydrogen-bond acceptors (Lipinski definition) is 3. The molecule has 0 aromatic carbocycles. The molecule has 0 spiro atoms. The summed E-state index contributed by atoms with van der Waals surface area (Å²) >= 11 is 0. The molecule has 3 heteroatoms. The zero-order chi connectivity index (χ0) is 11.1. The Hall–Kier alpha value is -1.09. The van der Waals surface area contributed by atoms with E-state index in [0.717, 1.165) is 17.5 Å². The van der Waals surface area contributed by atoms with E-state index in [1.807, 2.05) is 19.9 Å². The summed E-state index contributed by atoms with van der Waals surface area (Å²) < 4.78 is 0. The van der Waals surface area contributed by atoms with Crippen molar-refractivity contribution in [1.29, 1.82) is 0 Å². The topological polar surface area (TPSA) is 59.1 Å². The molecule has 1 aromatic heterocycles. The molecule has 1 heterocycles. The number of nitrogen functional groups attached to an aromatic ring is 1. The number of aromatic nitrogens is 1. The summed E-state index contributed by atoms with van der Waals surface area (Å²) in [6.07, 6.45) is 4.99. The monoisotopic (exact) mass is 206 g/mol. The van der Waals surface area contributed by atoms with Gasteiger partial charge in [0, 0.05) is 11.8 Å². The van der Waals surface area contributed by atoms with Crippen LogP contribution < -0.4 is 5.73 Å². The molecule has 1 aliphatic carbocycles. The van der Waals surface area contributed by atoms with Crippen molar-refractivity contribution in [1.82, 2.24) is 4.98 Å². The van der Waals surface area contributed by atoms with Crippen LogP contribution in [0.15, 0.2) is 12.3 Å². The number of aryl methyl sites for hydroxylation is 1. The molecule has 2 rings (SSSR count). The van der Waals surface area contributed by atoms with Gasteiger partial charge in [-0.3, -0.25) is 0 Å². The first-order chi connectivity index (χ1) is 6.99. The quantitative estimate of drug-likeness (QED) is 0.795. The summed E-state index contributed by atoms with van der Waals surface area (Å²) in [6.45, 7) is 3.79. The van der Waals surface area contributed by atoms with Crippen LogP contribution in [0.4, 0.5) is 5.82 Å². The fraction of sp³-hybridized carbons (Fsp3) is 0.583. The van der Waals surface area contributed by atoms with Crippen LogP contribution in [0.1, 0.15) is 37.3 Å². The lowest BCUT2D eigenvalue weighted by molar-refractivity contribution is 0.0422. The first kappa shape index (κ1) is 10.4. The van der Waals surface area contributed by atoms with Crippen LogP contribution in [0.5, 0.6) is 0 Å². The van der Waals surface area contributed by atoms with Crippen LogP contribution in [0.2, 0.25) is 0 Å². The molecule has 0 bridgehead atoms. The molecular formula is C12H18N2O. The molecule has 1 aliphatic rings. The predicted molar refractivity (Wildman–Crippen MR) is 60.3 cm³/mol. The van der Waals surface area contributed by atoms with E-state index in [0.29, 0.717) is 11.7 Å². The van der Waals surface area contributed by atoms with Crippen LogP contribution in [0.25, 0.3) is 0 Å². The lowest BCUT2D eigenvalue weighted by Crippen LogP contribution is -2.24. The lowest BCUT2D eigenvalue weighted by Gasteiger charge is -2.25. The Morgan fingerprint density at radius 3 is 2.87 bits per heavy atom. The number of anilines is 1. The van der Waals surface area contributed by atoms with E-state index in [1.54, 1.807) is 6.20 Å². The number of nitrogens with two attached hydrogens (primary N) is 1. The highest BCUT2D eigenvalue weighted by Crippen LogP contribution is 2.41. The molecule has 1 aromatic rings. The average molecular weight is 206 g/mol. The third kappa shape index (κ3) is 2.29. The maximum atomic E-state index is 10.4. The molecule has 1 saturated carbocycles. The van der Waals surface area contributed by atoms with Gasteiger partial charge in [0.2, 0.25) is 0 Å². The van der Waals surface area contributed by atoms with E-state index in [1.165, 1.54) is 12.8 Å². The molecule has 1 unspecified atom stereocenters. The Morgan fingerprint density at radius 2 is 2.27 bits per heavy atom. The van der Waals surface area contributed by atoms with Gasteiger partial charge in [-0.15, -0.1) is 0 Å². The van der Waals surface area contributed by atoms with Gasteiger partial charge in [0.25, 0.3) is 0 Å². The minimum Gasteiger partial charge on any atom is -0.385 e. The normalized spacial score (nSPS) is 19.9. The summed E-state index contributed by atoms with van der Waals surface area (Å²) in [7, 11) is 0. The number of pyridine rings is 1. The zero-order valence-corrected chi connectivity index (χ0v) is 9.33. The molecule has 3 nitrogen and oxygen atoms in total. The lowest BCUT2D eigenvalue weighted by atomic mass is 9.90. The highest BCUT2D eigenvalue weighted by molar-refractivity contribution is 5.44. The van der Waals surface area contributed by atoms with E-state index in [4.69, 9.17) is 5.73 Å². The van der Waals surface area contributed by atoms with Crippen molar-refractivity contribution in [3.8, 4) is 0 Å². The zero-order valence-electron chi connectivity index (χ0n) is 9.33. The fourth-order valence-electron chi connectivity index (χ4n) is 2.01. The molecule has 1 atom stereocenters. The Morgan fingerprint density at radius 1 is 1.60 bits per heavy atom. The number of aliphatic hydroxyl groups is 1. The van der Waals surface area contributed by atoms with Crippen LogP contribution >= 0.6 is 0 Å². The van der Waals surface area contributed by atoms with Gasteiger partial charge < -0.3 is 10.8 Å². The van der Waals surface area contributed by atoms with Gasteiger partial charge >= 0.3 is 0 Å². The van der Waals surface area contributed by atoms with Gasteiger partial charge in [0.1, 0.15) is 5.82 Å². The van der Waals surface area contributed by atoms with Crippen LogP contribution in [-0.4, -0.2) is 10.1 Å². The number of rotatable bonds is 3. The standard InChI is InChI=1S/C12H18N2O/c1-8-5-10(11(13)14-7-8)12(2,15)6-9-3-4-9/h5,7,9,15H,3-4,6H2,1-2H3,(H2,13,14). The van der Waals surface area contributed by atoms with Crippen LogP contribution in [0, 0.1) is 12.8 Å². The second-order valence-corrected chi connectivity index (χ2v) is 4.87. The second kappa shape index (κ2) is 3.49. The smallest absolute Gasteiger partial charge is 0.129 e. The SMILES string of the molecule is Cc1cnc(N)c(C(C)(O)CC2CC2)c1. The molecular weight excluding hydrogens is 188 g/mol. The van der Waals surface area contributed by atoms with Crippen molar-refractivity contribution in [2.45, 2.75) is 38.7 Å². The van der Waals surface area contributed by atoms with Crippen molar-refractivity contribution in [3.05, 3.63) is 23.4 Å². The minimum absolute atomic E-state index is 0.450. The molecule has 0 radical (unpaired) electrons. The Labute approximate surface area is 90.3 Å². The van der Waals surface area contributed by atoms with Crippen molar-refractivity contribution in [2.24, 2.45) is 5.92 Å². The van der Waals surface area contributed by atoms with E-state index in [-0.39, 0.29) is 0 Å². The van der Waals surface area contributed by atoms with E-state index < -0.39 is 5.60 Å². The Balaban J connectivity index is 2.28. The molecule has 0 saturated heterocycles. The van der Waals surface area contributed by atoms with Gasteiger partial charge in [-0.1, -0.05) is 12.8 Å².